The molecule has 0 saturated heterocycles. The Bertz CT molecular complexity index is 158. The highest BCUT2D eigenvalue weighted by Gasteiger charge is 2.21. The molecule has 0 rings (SSSR count). The van der Waals surface area contributed by atoms with Crippen LogP contribution in [0.4, 0.5) is 0 Å². The molecule has 0 aromatic carbocycles. The predicted molar refractivity (Wildman–Crippen MR) is 68.3 cm³/mol. The fourth-order valence-corrected chi connectivity index (χ4v) is 1.48. The van der Waals surface area contributed by atoms with Crippen LogP contribution in [0.1, 0.15) is 66.7 Å². The van der Waals surface area contributed by atoms with Crippen molar-refractivity contribution in [3.8, 4) is 0 Å². The van der Waals surface area contributed by atoms with Crippen LogP contribution in [-0.2, 0) is 4.74 Å². The number of unbranched alkanes of at least 4 members (excludes halogenated alkanes) is 3. The molecule has 0 saturated carbocycles. The molecule has 0 aromatic heterocycles. The van der Waals surface area contributed by atoms with Crippen LogP contribution < -0.4 is 0 Å². The Hall–Kier alpha value is 0.0249. The van der Waals surface area contributed by atoms with Gasteiger partial charge in [-0.25, -0.2) is 0 Å². The van der Waals surface area contributed by atoms with Crippen LogP contribution >= 0.6 is 0 Å². The van der Waals surface area contributed by atoms with Gasteiger partial charge in [0.25, 0.3) is 0 Å². The maximum Gasteiger partial charge on any atom is 0.112 e. The third kappa shape index (κ3) is 10.3. The van der Waals surface area contributed by atoms with Gasteiger partial charge in [-0.05, 0) is 25.7 Å². The van der Waals surface area contributed by atoms with Crippen molar-refractivity contribution in [2.24, 2.45) is 5.41 Å². The van der Waals surface area contributed by atoms with Crippen molar-refractivity contribution in [2.45, 2.75) is 72.2 Å². The van der Waals surface area contributed by atoms with Gasteiger partial charge in [-0.15, -0.1) is 0 Å². The SMILES string of the molecule is [B]C(C)(C)OCC(C)(C)CCCCCC. The lowest BCUT2D eigenvalue weighted by Gasteiger charge is -2.30. The molecule has 0 aliphatic carbocycles. The molecule has 0 bridgehead atoms. The highest BCUT2D eigenvalue weighted by molar-refractivity contribution is 6.13. The first kappa shape index (κ1) is 15.0. The molecule has 0 fully saturated rings. The Balaban J connectivity index is 3.67. The van der Waals surface area contributed by atoms with Gasteiger partial charge in [0, 0.05) is 5.50 Å². The van der Waals surface area contributed by atoms with Crippen LogP contribution in [0.15, 0.2) is 0 Å². The van der Waals surface area contributed by atoms with Gasteiger partial charge in [0.1, 0.15) is 7.85 Å². The molecule has 0 aromatic rings. The molecule has 88 valence electrons. The molecule has 15 heavy (non-hydrogen) atoms. The fourth-order valence-electron chi connectivity index (χ4n) is 1.48. The number of ether oxygens (including phenoxy) is 1. The summed E-state index contributed by atoms with van der Waals surface area (Å²) < 4.78 is 5.63. The lowest BCUT2D eigenvalue weighted by molar-refractivity contribution is -0.00770. The van der Waals surface area contributed by atoms with Crippen LogP contribution in [0, 0.1) is 5.41 Å². The summed E-state index contributed by atoms with van der Waals surface area (Å²) in [5.41, 5.74) is -0.245. The van der Waals surface area contributed by atoms with E-state index in [0.29, 0.717) is 0 Å². The van der Waals surface area contributed by atoms with Crippen molar-refractivity contribution in [3.05, 3.63) is 0 Å². The first-order valence-electron chi connectivity index (χ1n) is 6.20. The molecule has 0 N–H and O–H groups in total. The Morgan fingerprint density at radius 2 is 1.60 bits per heavy atom. The number of hydrogen-bond donors (Lipinski definition) is 0. The zero-order valence-electron chi connectivity index (χ0n) is 11.2. The van der Waals surface area contributed by atoms with Gasteiger partial charge >= 0.3 is 0 Å². The van der Waals surface area contributed by atoms with Gasteiger partial charge in [0.05, 0.1) is 6.61 Å². The number of rotatable bonds is 8. The molecule has 2 heteroatoms. The van der Waals surface area contributed by atoms with E-state index in [1.165, 1.54) is 32.1 Å². The standard InChI is InChI=1S/C13H27BO/c1-6-7-8-9-10-12(2,3)11-15-13(4,5)14/h6-11H2,1-5H3. The maximum atomic E-state index is 5.80. The highest BCUT2D eigenvalue weighted by atomic mass is 16.5. The third-order valence-corrected chi connectivity index (χ3v) is 2.54. The van der Waals surface area contributed by atoms with Crippen molar-refractivity contribution in [2.75, 3.05) is 6.61 Å². The fraction of sp³-hybridized carbons (Fsp3) is 1.00. The van der Waals surface area contributed by atoms with Crippen LogP contribution in [0.2, 0.25) is 0 Å². The molecule has 0 aliphatic heterocycles. The Morgan fingerprint density at radius 3 is 2.07 bits per heavy atom. The molecular weight excluding hydrogens is 183 g/mol. The quantitative estimate of drug-likeness (QED) is 0.436. The monoisotopic (exact) mass is 210 g/mol. The molecule has 0 heterocycles. The molecule has 1 nitrogen and oxygen atoms in total. The average molecular weight is 210 g/mol. The summed E-state index contributed by atoms with van der Waals surface area (Å²) in [6.07, 6.45) is 6.51. The lowest BCUT2D eigenvalue weighted by Crippen LogP contribution is -2.30. The van der Waals surface area contributed by atoms with Gasteiger partial charge < -0.3 is 4.74 Å². The molecular formula is C13H27BO. The van der Waals surface area contributed by atoms with E-state index < -0.39 is 5.50 Å². The third-order valence-electron chi connectivity index (χ3n) is 2.54. The average Bonchev–Trinajstić information content (AvgIpc) is 2.09. The molecule has 0 amide bonds. The summed E-state index contributed by atoms with van der Waals surface area (Å²) in [4.78, 5) is 0. The predicted octanol–water partition coefficient (Wildman–Crippen LogP) is 3.90. The Labute approximate surface area is 97.4 Å². The largest absolute Gasteiger partial charge is 0.385 e. The minimum atomic E-state index is -0.499. The smallest absolute Gasteiger partial charge is 0.112 e. The first-order valence-corrected chi connectivity index (χ1v) is 6.20. The molecule has 0 spiro atoms. The molecule has 0 unspecified atom stereocenters. The second-order valence-electron chi connectivity index (χ2n) is 5.87. The van der Waals surface area contributed by atoms with Crippen molar-refractivity contribution in [3.63, 3.8) is 0 Å². The lowest BCUT2D eigenvalue weighted by atomic mass is 9.83. The van der Waals surface area contributed by atoms with Gasteiger partial charge in [0.2, 0.25) is 0 Å². The molecule has 0 aliphatic rings. The summed E-state index contributed by atoms with van der Waals surface area (Å²) in [7, 11) is 5.80. The van der Waals surface area contributed by atoms with E-state index in [2.05, 4.69) is 20.8 Å². The van der Waals surface area contributed by atoms with Gasteiger partial charge in [-0.2, -0.15) is 0 Å². The van der Waals surface area contributed by atoms with E-state index in [1.54, 1.807) is 0 Å². The van der Waals surface area contributed by atoms with Crippen LogP contribution in [-0.4, -0.2) is 20.0 Å². The summed E-state index contributed by atoms with van der Waals surface area (Å²) in [6.45, 7) is 11.3. The Morgan fingerprint density at radius 1 is 1.00 bits per heavy atom. The van der Waals surface area contributed by atoms with E-state index in [-0.39, 0.29) is 5.41 Å². The summed E-state index contributed by atoms with van der Waals surface area (Å²) >= 11 is 0. The Kier molecular flexibility index (Phi) is 6.58. The normalized spacial score (nSPS) is 13.1. The highest BCUT2D eigenvalue weighted by Crippen LogP contribution is 2.25. The van der Waals surface area contributed by atoms with E-state index in [0.717, 1.165) is 6.61 Å². The van der Waals surface area contributed by atoms with Crippen molar-refractivity contribution in [1.82, 2.24) is 0 Å². The molecule has 0 atom stereocenters. The van der Waals surface area contributed by atoms with Gasteiger partial charge in [-0.1, -0.05) is 46.5 Å². The zero-order valence-corrected chi connectivity index (χ0v) is 11.2. The molecule has 2 radical (unpaired) electrons. The zero-order chi connectivity index (χ0) is 11.9. The maximum absolute atomic E-state index is 5.80. The van der Waals surface area contributed by atoms with Crippen molar-refractivity contribution >= 4 is 7.85 Å². The van der Waals surface area contributed by atoms with Crippen LogP contribution in [0.5, 0.6) is 0 Å². The van der Waals surface area contributed by atoms with Gasteiger partial charge in [0.15, 0.2) is 0 Å². The topological polar surface area (TPSA) is 9.23 Å². The van der Waals surface area contributed by atoms with E-state index in [4.69, 9.17) is 12.6 Å². The second kappa shape index (κ2) is 6.57. The number of hydrogen-bond acceptors (Lipinski definition) is 1. The van der Waals surface area contributed by atoms with Crippen molar-refractivity contribution < 1.29 is 4.74 Å². The van der Waals surface area contributed by atoms with Crippen LogP contribution in [0.3, 0.4) is 0 Å². The summed E-state index contributed by atoms with van der Waals surface area (Å²) in [5.74, 6) is 0. The summed E-state index contributed by atoms with van der Waals surface area (Å²) in [5, 5.41) is 0. The first-order chi connectivity index (χ1) is 6.77. The van der Waals surface area contributed by atoms with E-state index in [9.17, 15) is 0 Å². The van der Waals surface area contributed by atoms with E-state index >= 15 is 0 Å². The minimum absolute atomic E-state index is 0.254. The van der Waals surface area contributed by atoms with E-state index in [1.807, 2.05) is 13.8 Å². The minimum Gasteiger partial charge on any atom is -0.385 e. The summed E-state index contributed by atoms with van der Waals surface area (Å²) in [6, 6.07) is 0. The second-order valence-corrected chi connectivity index (χ2v) is 5.87. The van der Waals surface area contributed by atoms with Crippen LogP contribution in [0.25, 0.3) is 0 Å². The van der Waals surface area contributed by atoms with Gasteiger partial charge in [-0.3, -0.25) is 0 Å². The van der Waals surface area contributed by atoms with Crippen molar-refractivity contribution in [1.29, 1.82) is 0 Å².